The molecule has 70 valence electrons. The third-order valence-corrected chi connectivity index (χ3v) is 3.01. The average Bonchev–Trinajstić information content (AvgIpc) is 2.85. The van der Waals surface area contributed by atoms with Gasteiger partial charge in [0.15, 0.2) is 0 Å². The molecule has 2 rings (SSSR count). The van der Waals surface area contributed by atoms with Crippen LogP contribution in [0.5, 0.6) is 0 Å². The van der Waals surface area contributed by atoms with Crippen LogP contribution < -0.4 is 5.73 Å². The van der Waals surface area contributed by atoms with Gasteiger partial charge in [-0.3, -0.25) is 4.98 Å². The highest BCUT2D eigenvalue weighted by Crippen LogP contribution is 2.48. The fourth-order valence-electron chi connectivity index (χ4n) is 1.61. The summed E-state index contributed by atoms with van der Waals surface area (Å²) < 4.78 is 0. The number of nitrogens with zero attached hydrogens (tertiary/aromatic N) is 1. The zero-order valence-electron chi connectivity index (χ0n) is 7.68. The number of hydrogen-bond acceptors (Lipinski definition) is 2. The Morgan fingerprint density at radius 2 is 2.31 bits per heavy atom. The second-order valence-electron chi connectivity index (χ2n) is 3.83. The first-order chi connectivity index (χ1) is 6.18. The van der Waals surface area contributed by atoms with Crippen molar-refractivity contribution in [2.75, 3.05) is 6.54 Å². The van der Waals surface area contributed by atoms with Gasteiger partial charge in [-0.25, -0.2) is 0 Å². The van der Waals surface area contributed by atoms with Crippen molar-refractivity contribution in [1.29, 1.82) is 0 Å². The van der Waals surface area contributed by atoms with E-state index >= 15 is 0 Å². The molecule has 0 aromatic carbocycles. The van der Waals surface area contributed by atoms with Crippen LogP contribution in [0.15, 0.2) is 12.3 Å². The number of halogens is 1. The molecule has 1 aliphatic rings. The zero-order valence-corrected chi connectivity index (χ0v) is 8.43. The van der Waals surface area contributed by atoms with Crippen molar-refractivity contribution in [3.63, 3.8) is 0 Å². The number of aromatic nitrogens is 1. The van der Waals surface area contributed by atoms with Crippen molar-refractivity contribution < 1.29 is 0 Å². The van der Waals surface area contributed by atoms with Gasteiger partial charge < -0.3 is 5.73 Å². The van der Waals surface area contributed by atoms with Gasteiger partial charge in [0.1, 0.15) is 0 Å². The minimum Gasteiger partial charge on any atom is -0.330 e. The Labute approximate surface area is 83.1 Å². The Morgan fingerprint density at radius 1 is 1.62 bits per heavy atom. The average molecular weight is 197 g/mol. The van der Waals surface area contributed by atoms with Crippen LogP contribution in [0.2, 0.25) is 5.02 Å². The SMILES string of the molecule is Cc1cnc(C2(CN)CC2)c(Cl)c1. The van der Waals surface area contributed by atoms with E-state index in [4.69, 9.17) is 17.3 Å². The van der Waals surface area contributed by atoms with Gasteiger partial charge in [0, 0.05) is 18.2 Å². The van der Waals surface area contributed by atoms with E-state index in [1.165, 1.54) is 0 Å². The van der Waals surface area contributed by atoms with E-state index in [1.807, 2.05) is 19.2 Å². The van der Waals surface area contributed by atoms with E-state index in [9.17, 15) is 0 Å². The number of pyridine rings is 1. The maximum Gasteiger partial charge on any atom is 0.0664 e. The van der Waals surface area contributed by atoms with Gasteiger partial charge in [-0.15, -0.1) is 0 Å². The molecule has 0 bridgehead atoms. The Morgan fingerprint density at radius 3 is 2.77 bits per heavy atom. The van der Waals surface area contributed by atoms with Gasteiger partial charge in [-0.2, -0.15) is 0 Å². The maximum absolute atomic E-state index is 6.11. The monoisotopic (exact) mass is 196 g/mol. The van der Waals surface area contributed by atoms with Crippen molar-refractivity contribution in [1.82, 2.24) is 4.98 Å². The van der Waals surface area contributed by atoms with Crippen LogP contribution in [0.25, 0.3) is 0 Å². The Hall–Kier alpha value is -0.600. The quantitative estimate of drug-likeness (QED) is 0.786. The van der Waals surface area contributed by atoms with E-state index < -0.39 is 0 Å². The lowest BCUT2D eigenvalue weighted by Crippen LogP contribution is -2.21. The molecule has 1 heterocycles. The smallest absolute Gasteiger partial charge is 0.0664 e. The van der Waals surface area contributed by atoms with Crippen molar-refractivity contribution in [3.8, 4) is 0 Å². The first-order valence-electron chi connectivity index (χ1n) is 4.51. The van der Waals surface area contributed by atoms with E-state index in [0.717, 1.165) is 29.1 Å². The molecule has 1 fully saturated rings. The van der Waals surface area contributed by atoms with Crippen molar-refractivity contribution >= 4 is 11.6 Å². The van der Waals surface area contributed by atoms with Crippen LogP contribution in [0.4, 0.5) is 0 Å². The molecule has 0 aliphatic heterocycles. The lowest BCUT2D eigenvalue weighted by Gasteiger charge is -2.13. The number of rotatable bonds is 2. The molecule has 0 atom stereocenters. The molecule has 0 amide bonds. The van der Waals surface area contributed by atoms with E-state index in [-0.39, 0.29) is 5.41 Å². The predicted octanol–water partition coefficient (Wildman–Crippen LogP) is 2.03. The molecule has 2 nitrogen and oxygen atoms in total. The Kier molecular flexibility index (Phi) is 2.05. The molecule has 0 spiro atoms. The second-order valence-corrected chi connectivity index (χ2v) is 4.23. The standard InChI is InChI=1S/C10H13ClN2/c1-7-4-8(11)9(13-5-7)10(6-12)2-3-10/h4-5H,2-3,6,12H2,1H3. The minimum absolute atomic E-state index is 0.102. The predicted molar refractivity (Wildman–Crippen MR) is 54.0 cm³/mol. The highest BCUT2D eigenvalue weighted by molar-refractivity contribution is 6.31. The van der Waals surface area contributed by atoms with Gasteiger partial charge in [0.05, 0.1) is 10.7 Å². The summed E-state index contributed by atoms with van der Waals surface area (Å²) in [5, 5.41) is 0.767. The van der Waals surface area contributed by atoms with E-state index in [1.54, 1.807) is 0 Å². The highest BCUT2D eigenvalue weighted by atomic mass is 35.5. The molecule has 0 saturated heterocycles. The summed E-state index contributed by atoms with van der Waals surface area (Å²) in [6.45, 7) is 2.65. The van der Waals surface area contributed by atoms with Crippen molar-refractivity contribution in [3.05, 3.63) is 28.5 Å². The summed E-state index contributed by atoms with van der Waals surface area (Å²) in [5.74, 6) is 0. The van der Waals surface area contributed by atoms with Crippen LogP contribution >= 0.6 is 11.6 Å². The molecular weight excluding hydrogens is 184 g/mol. The van der Waals surface area contributed by atoms with Gasteiger partial charge in [-0.1, -0.05) is 11.6 Å². The molecule has 1 aliphatic carbocycles. The summed E-state index contributed by atoms with van der Waals surface area (Å²) in [6.07, 6.45) is 4.11. The van der Waals surface area contributed by atoms with E-state index in [2.05, 4.69) is 4.98 Å². The van der Waals surface area contributed by atoms with Gasteiger partial charge in [0.2, 0.25) is 0 Å². The summed E-state index contributed by atoms with van der Waals surface area (Å²) in [6, 6.07) is 1.96. The summed E-state index contributed by atoms with van der Waals surface area (Å²) in [4.78, 5) is 4.37. The highest BCUT2D eigenvalue weighted by Gasteiger charge is 2.45. The first-order valence-corrected chi connectivity index (χ1v) is 4.88. The van der Waals surface area contributed by atoms with Crippen LogP contribution in [0.1, 0.15) is 24.1 Å². The first kappa shape index (κ1) is 8.97. The molecule has 1 saturated carbocycles. The van der Waals surface area contributed by atoms with Crippen molar-refractivity contribution in [2.45, 2.75) is 25.2 Å². The lowest BCUT2D eigenvalue weighted by atomic mass is 10.0. The minimum atomic E-state index is 0.102. The third kappa shape index (κ3) is 1.45. The van der Waals surface area contributed by atoms with Crippen molar-refractivity contribution in [2.24, 2.45) is 5.73 Å². The molecule has 1 aromatic heterocycles. The zero-order chi connectivity index (χ0) is 9.47. The molecule has 0 radical (unpaired) electrons. The molecule has 13 heavy (non-hydrogen) atoms. The molecular formula is C10H13ClN2. The largest absolute Gasteiger partial charge is 0.330 e. The summed E-state index contributed by atoms with van der Waals surface area (Å²) in [5.41, 5.74) is 7.90. The summed E-state index contributed by atoms with van der Waals surface area (Å²) >= 11 is 6.11. The van der Waals surface area contributed by atoms with Gasteiger partial charge in [0.25, 0.3) is 0 Å². The number of nitrogens with two attached hydrogens (primary N) is 1. The lowest BCUT2D eigenvalue weighted by molar-refractivity contribution is 0.678. The van der Waals surface area contributed by atoms with Crippen LogP contribution in [0.3, 0.4) is 0 Å². The normalized spacial score (nSPS) is 18.7. The van der Waals surface area contributed by atoms with E-state index in [0.29, 0.717) is 6.54 Å². The fraction of sp³-hybridized carbons (Fsp3) is 0.500. The Balaban J connectivity index is 2.41. The van der Waals surface area contributed by atoms with Crippen LogP contribution in [-0.2, 0) is 5.41 Å². The van der Waals surface area contributed by atoms with Gasteiger partial charge >= 0.3 is 0 Å². The fourth-order valence-corrected chi connectivity index (χ4v) is 2.03. The third-order valence-electron chi connectivity index (χ3n) is 2.72. The van der Waals surface area contributed by atoms with Gasteiger partial charge in [-0.05, 0) is 31.4 Å². The van der Waals surface area contributed by atoms with Crippen LogP contribution in [-0.4, -0.2) is 11.5 Å². The molecule has 0 unspecified atom stereocenters. The molecule has 2 N–H and O–H groups in total. The Bertz CT molecular complexity index is 332. The van der Waals surface area contributed by atoms with Crippen LogP contribution in [0, 0.1) is 6.92 Å². The summed E-state index contributed by atoms with van der Waals surface area (Å²) in [7, 11) is 0. The maximum atomic E-state index is 6.11. The number of hydrogen-bond donors (Lipinski definition) is 1. The topological polar surface area (TPSA) is 38.9 Å². The molecule has 3 heteroatoms. The number of aryl methyl sites for hydroxylation is 1. The second kappa shape index (κ2) is 2.96. The molecule has 1 aromatic rings.